The molecule has 72 valence electrons. The van der Waals surface area contributed by atoms with E-state index in [2.05, 4.69) is 0 Å². The number of aliphatic hydroxyl groups excluding tert-OH is 1. The van der Waals surface area contributed by atoms with Crippen molar-refractivity contribution in [2.75, 3.05) is 7.11 Å². The maximum atomic E-state index is 9.64. The lowest BCUT2D eigenvalue weighted by atomic mass is 10.0. The van der Waals surface area contributed by atoms with Gasteiger partial charge in [0.15, 0.2) is 0 Å². The number of nitrogens with two attached hydrogens (primary N) is 1. The van der Waals surface area contributed by atoms with Crippen molar-refractivity contribution in [2.45, 2.75) is 19.1 Å². The standard InChI is InChI=1S/C10H15NO2/c1-7(11)10(12)8-4-3-5-9(6-8)13-2/h3-7,10,12H,11H2,1-2H3/t7-,10-/m0/s1. The Hall–Kier alpha value is -1.06. The highest BCUT2D eigenvalue weighted by atomic mass is 16.5. The molecule has 0 fully saturated rings. The molecule has 0 spiro atoms. The zero-order chi connectivity index (χ0) is 9.84. The van der Waals surface area contributed by atoms with E-state index < -0.39 is 6.10 Å². The maximum Gasteiger partial charge on any atom is 0.119 e. The van der Waals surface area contributed by atoms with Gasteiger partial charge in [-0.2, -0.15) is 0 Å². The molecule has 0 aliphatic carbocycles. The fourth-order valence-corrected chi connectivity index (χ4v) is 1.13. The Bertz CT molecular complexity index is 273. The van der Waals surface area contributed by atoms with Crippen molar-refractivity contribution >= 4 is 0 Å². The van der Waals surface area contributed by atoms with Gasteiger partial charge in [-0.25, -0.2) is 0 Å². The summed E-state index contributed by atoms with van der Waals surface area (Å²) >= 11 is 0. The number of rotatable bonds is 3. The largest absolute Gasteiger partial charge is 0.497 e. The van der Waals surface area contributed by atoms with Crippen LogP contribution in [0.15, 0.2) is 24.3 Å². The first kappa shape index (κ1) is 10.0. The molecule has 1 rings (SSSR count). The average Bonchev–Trinajstić information content (AvgIpc) is 2.16. The summed E-state index contributed by atoms with van der Waals surface area (Å²) in [6.45, 7) is 1.77. The summed E-state index contributed by atoms with van der Waals surface area (Å²) in [7, 11) is 1.59. The van der Waals surface area contributed by atoms with Crippen LogP contribution in [0.2, 0.25) is 0 Å². The Morgan fingerprint density at radius 2 is 2.15 bits per heavy atom. The zero-order valence-electron chi connectivity index (χ0n) is 7.90. The second-order valence-corrected chi connectivity index (χ2v) is 3.08. The lowest BCUT2D eigenvalue weighted by Gasteiger charge is -2.15. The van der Waals surface area contributed by atoms with Crippen LogP contribution < -0.4 is 10.5 Å². The quantitative estimate of drug-likeness (QED) is 0.733. The third-order valence-electron chi connectivity index (χ3n) is 1.93. The van der Waals surface area contributed by atoms with Gasteiger partial charge < -0.3 is 15.6 Å². The number of methoxy groups -OCH3 is 1. The Morgan fingerprint density at radius 1 is 1.46 bits per heavy atom. The molecule has 0 saturated heterocycles. The third-order valence-corrected chi connectivity index (χ3v) is 1.93. The van der Waals surface area contributed by atoms with E-state index in [0.717, 1.165) is 11.3 Å². The van der Waals surface area contributed by atoms with Crippen LogP contribution in [0.5, 0.6) is 5.75 Å². The van der Waals surface area contributed by atoms with Gasteiger partial charge in [-0.05, 0) is 24.6 Å². The summed E-state index contributed by atoms with van der Waals surface area (Å²) in [6.07, 6.45) is -0.630. The van der Waals surface area contributed by atoms with E-state index in [1.165, 1.54) is 0 Å². The van der Waals surface area contributed by atoms with E-state index in [9.17, 15) is 5.11 Å². The summed E-state index contributed by atoms with van der Waals surface area (Å²) in [5, 5.41) is 9.64. The number of aliphatic hydroxyl groups is 1. The fraction of sp³-hybridized carbons (Fsp3) is 0.400. The van der Waals surface area contributed by atoms with Crippen LogP contribution in [-0.4, -0.2) is 18.3 Å². The monoisotopic (exact) mass is 181 g/mol. The molecule has 2 atom stereocenters. The molecule has 1 aromatic rings. The van der Waals surface area contributed by atoms with Crippen LogP contribution >= 0.6 is 0 Å². The van der Waals surface area contributed by atoms with E-state index >= 15 is 0 Å². The van der Waals surface area contributed by atoms with Gasteiger partial charge in [0.1, 0.15) is 5.75 Å². The lowest BCUT2D eigenvalue weighted by Crippen LogP contribution is -2.24. The summed E-state index contributed by atoms with van der Waals surface area (Å²) in [6, 6.07) is 7.01. The van der Waals surface area contributed by atoms with Gasteiger partial charge in [0.05, 0.1) is 13.2 Å². The Labute approximate surface area is 78.1 Å². The summed E-state index contributed by atoms with van der Waals surface area (Å²) < 4.78 is 5.03. The number of benzene rings is 1. The maximum absolute atomic E-state index is 9.64. The van der Waals surface area contributed by atoms with Gasteiger partial charge in [0, 0.05) is 6.04 Å². The molecule has 0 aliphatic rings. The van der Waals surface area contributed by atoms with Crippen LogP contribution in [-0.2, 0) is 0 Å². The smallest absolute Gasteiger partial charge is 0.119 e. The Morgan fingerprint density at radius 3 is 2.69 bits per heavy atom. The fourth-order valence-electron chi connectivity index (χ4n) is 1.13. The molecule has 3 N–H and O–H groups in total. The van der Waals surface area contributed by atoms with Gasteiger partial charge in [0.2, 0.25) is 0 Å². The van der Waals surface area contributed by atoms with Crippen molar-refractivity contribution in [1.82, 2.24) is 0 Å². The normalized spacial score (nSPS) is 15.1. The molecular formula is C10H15NO2. The van der Waals surface area contributed by atoms with E-state index in [0.29, 0.717) is 0 Å². The molecule has 0 unspecified atom stereocenters. The molecule has 0 aromatic heterocycles. The van der Waals surface area contributed by atoms with Crippen LogP contribution in [0.1, 0.15) is 18.6 Å². The van der Waals surface area contributed by atoms with E-state index in [-0.39, 0.29) is 6.04 Å². The first-order chi connectivity index (χ1) is 6.15. The Kier molecular flexibility index (Phi) is 3.28. The lowest BCUT2D eigenvalue weighted by molar-refractivity contribution is 0.153. The van der Waals surface area contributed by atoms with Crippen molar-refractivity contribution in [3.05, 3.63) is 29.8 Å². The van der Waals surface area contributed by atoms with Crippen LogP contribution in [0.25, 0.3) is 0 Å². The topological polar surface area (TPSA) is 55.5 Å². The Balaban J connectivity index is 2.88. The molecule has 0 saturated carbocycles. The van der Waals surface area contributed by atoms with E-state index in [1.807, 2.05) is 18.2 Å². The first-order valence-corrected chi connectivity index (χ1v) is 4.22. The molecular weight excluding hydrogens is 166 g/mol. The van der Waals surface area contributed by atoms with Crippen LogP contribution in [0, 0.1) is 0 Å². The second kappa shape index (κ2) is 4.25. The molecule has 3 heteroatoms. The van der Waals surface area contributed by atoms with Crippen molar-refractivity contribution in [3.8, 4) is 5.75 Å². The highest BCUT2D eigenvalue weighted by molar-refractivity contribution is 5.30. The third kappa shape index (κ3) is 2.44. The molecule has 0 heterocycles. The van der Waals surface area contributed by atoms with Crippen molar-refractivity contribution in [2.24, 2.45) is 5.73 Å². The second-order valence-electron chi connectivity index (χ2n) is 3.08. The minimum atomic E-state index is -0.630. The highest BCUT2D eigenvalue weighted by Crippen LogP contribution is 2.20. The van der Waals surface area contributed by atoms with Crippen LogP contribution in [0.3, 0.4) is 0 Å². The zero-order valence-corrected chi connectivity index (χ0v) is 7.90. The van der Waals surface area contributed by atoms with Gasteiger partial charge >= 0.3 is 0 Å². The SMILES string of the molecule is COc1cccc([C@@H](O)[C@H](C)N)c1. The predicted octanol–water partition coefficient (Wildman–Crippen LogP) is 1.08. The van der Waals surface area contributed by atoms with Crippen molar-refractivity contribution < 1.29 is 9.84 Å². The van der Waals surface area contributed by atoms with Crippen molar-refractivity contribution in [1.29, 1.82) is 0 Å². The summed E-state index contributed by atoms with van der Waals surface area (Å²) in [5.74, 6) is 0.734. The average molecular weight is 181 g/mol. The minimum Gasteiger partial charge on any atom is -0.497 e. The molecule has 1 aromatic carbocycles. The summed E-state index contributed by atoms with van der Waals surface area (Å²) in [4.78, 5) is 0. The summed E-state index contributed by atoms with van der Waals surface area (Å²) in [5.41, 5.74) is 6.36. The molecule has 3 nitrogen and oxygen atoms in total. The molecule has 0 radical (unpaired) electrons. The number of hydrogen-bond acceptors (Lipinski definition) is 3. The van der Waals surface area contributed by atoms with E-state index in [4.69, 9.17) is 10.5 Å². The first-order valence-electron chi connectivity index (χ1n) is 4.22. The molecule has 0 amide bonds. The highest BCUT2D eigenvalue weighted by Gasteiger charge is 2.12. The van der Waals surface area contributed by atoms with Gasteiger partial charge in [-0.15, -0.1) is 0 Å². The van der Waals surface area contributed by atoms with Gasteiger partial charge in [-0.3, -0.25) is 0 Å². The van der Waals surface area contributed by atoms with E-state index in [1.54, 1.807) is 20.1 Å². The van der Waals surface area contributed by atoms with Crippen molar-refractivity contribution in [3.63, 3.8) is 0 Å². The molecule has 0 bridgehead atoms. The van der Waals surface area contributed by atoms with Gasteiger partial charge in [-0.1, -0.05) is 12.1 Å². The minimum absolute atomic E-state index is 0.271. The number of ether oxygens (including phenoxy) is 1. The molecule has 13 heavy (non-hydrogen) atoms. The van der Waals surface area contributed by atoms with Crippen LogP contribution in [0.4, 0.5) is 0 Å². The van der Waals surface area contributed by atoms with Gasteiger partial charge in [0.25, 0.3) is 0 Å². The molecule has 0 aliphatic heterocycles. The number of hydrogen-bond donors (Lipinski definition) is 2. The predicted molar refractivity (Wildman–Crippen MR) is 51.6 cm³/mol.